The van der Waals surface area contributed by atoms with Crippen LogP contribution in [-0.2, 0) is 9.59 Å². The Bertz CT molecular complexity index is 1590. The minimum absolute atomic E-state index is 0.0229. The summed E-state index contributed by atoms with van der Waals surface area (Å²) in [4.78, 5) is 60.2. The standard InChI is InChI=1S/C27H22N4O8S/c1-15-10-16(2)25(17(3)11-15)28-24(32)14-29-26(33)23(40-27(29)34)12-18-6-4-5-7-21(18)39-22-9-8-19(30(35)36)13-20(22)31(37)38/h4-13H,14H2,1-3H3,(H,28,32)/b23-12+. The van der Waals surface area contributed by atoms with Gasteiger partial charge in [-0.2, -0.15) is 0 Å². The number of nitrogens with one attached hydrogen (secondary N) is 1. The topological polar surface area (TPSA) is 162 Å². The van der Waals surface area contributed by atoms with Gasteiger partial charge in [0.15, 0.2) is 0 Å². The molecule has 1 saturated heterocycles. The van der Waals surface area contributed by atoms with Crippen molar-refractivity contribution in [3.8, 4) is 11.5 Å². The zero-order valence-electron chi connectivity index (χ0n) is 21.5. The fourth-order valence-corrected chi connectivity index (χ4v) is 4.97. The normalized spacial score (nSPS) is 14.0. The number of para-hydroxylation sites is 1. The highest BCUT2D eigenvalue weighted by molar-refractivity contribution is 8.18. The van der Waals surface area contributed by atoms with Gasteiger partial charge < -0.3 is 10.1 Å². The van der Waals surface area contributed by atoms with Gasteiger partial charge in [0.1, 0.15) is 12.3 Å². The monoisotopic (exact) mass is 562 g/mol. The Labute approximate surface area is 231 Å². The summed E-state index contributed by atoms with van der Waals surface area (Å²) in [6, 6.07) is 13.1. The van der Waals surface area contributed by atoms with Crippen molar-refractivity contribution in [3.63, 3.8) is 0 Å². The number of non-ortho nitro benzene ring substituents is 1. The predicted molar refractivity (Wildman–Crippen MR) is 148 cm³/mol. The van der Waals surface area contributed by atoms with E-state index in [9.17, 15) is 34.6 Å². The first-order valence-electron chi connectivity index (χ1n) is 11.8. The van der Waals surface area contributed by atoms with E-state index in [1.807, 2.05) is 32.9 Å². The Morgan fingerprint density at radius 2 is 1.65 bits per heavy atom. The number of nitro benzene ring substituents is 2. The van der Waals surface area contributed by atoms with Crippen LogP contribution in [0.1, 0.15) is 22.3 Å². The summed E-state index contributed by atoms with van der Waals surface area (Å²) in [5.41, 5.74) is 2.58. The Hall–Kier alpha value is -5.04. The third-order valence-electron chi connectivity index (χ3n) is 5.89. The molecule has 0 atom stereocenters. The molecular weight excluding hydrogens is 540 g/mol. The Morgan fingerprint density at radius 3 is 2.30 bits per heavy atom. The molecule has 0 aromatic heterocycles. The van der Waals surface area contributed by atoms with Crippen LogP contribution in [0.2, 0.25) is 0 Å². The SMILES string of the molecule is Cc1cc(C)c(NC(=O)CN2C(=O)S/C(=C/c3ccccc3Oc3ccc([N+](=O)[O-])cc3[N+](=O)[O-])C2=O)c(C)c1. The third kappa shape index (κ3) is 5.99. The van der Waals surface area contributed by atoms with E-state index in [4.69, 9.17) is 4.74 Å². The molecule has 204 valence electrons. The van der Waals surface area contributed by atoms with Gasteiger partial charge >= 0.3 is 5.69 Å². The lowest BCUT2D eigenvalue weighted by Crippen LogP contribution is -2.36. The first kappa shape index (κ1) is 28.0. The largest absolute Gasteiger partial charge is 0.449 e. The molecule has 0 aliphatic carbocycles. The number of imide groups is 1. The van der Waals surface area contributed by atoms with Gasteiger partial charge in [0.2, 0.25) is 11.7 Å². The molecule has 1 N–H and O–H groups in total. The smallest absolute Gasteiger partial charge is 0.318 e. The molecule has 1 aliphatic rings. The molecule has 0 radical (unpaired) electrons. The van der Waals surface area contributed by atoms with E-state index in [2.05, 4.69) is 5.32 Å². The average molecular weight is 563 g/mol. The molecule has 1 heterocycles. The van der Waals surface area contributed by atoms with Gasteiger partial charge in [-0.25, -0.2) is 0 Å². The minimum atomic E-state index is -0.805. The van der Waals surface area contributed by atoms with Crippen molar-refractivity contribution in [2.45, 2.75) is 20.8 Å². The first-order chi connectivity index (χ1) is 18.9. The lowest BCUT2D eigenvalue weighted by Gasteiger charge is -2.16. The number of amides is 3. The van der Waals surface area contributed by atoms with Gasteiger partial charge in [-0.3, -0.25) is 39.5 Å². The summed E-state index contributed by atoms with van der Waals surface area (Å²) in [6.07, 6.45) is 1.38. The highest BCUT2D eigenvalue weighted by Crippen LogP contribution is 2.38. The average Bonchev–Trinajstić information content (AvgIpc) is 3.14. The van der Waals surface area contributed by atoms with Crippen molar-refractivity contribution < 1.29 is 29.0 Å². The van der Waals surface area contributed by atoms with Crippen molar-refractivity contribution in [2.75, 3.05) is 11.9 Å². The molecule has 3 amide bonds. The van der Waals surface area contributed by atoms with E-state index in [1.165, 1.54) is 12.1 Å². The van der Waals surface area contributed by atoms with Crippen LogP contribution in [-0.4, -0.2) is 38.3 Å². The molecule has 0 spiro atoms. The zero-order chi connectivity index (χ0) is 29.1. The number of carbonyl (C=O) groups is 3. The number of benzene rings is 3. The summed E-state index contributed by atoms with van der Waals surface area (Å²) in [6.45, 7) is 5.16. The molecule has 0 saturated carbocycles. The van der Waals surface area contributed by atoms with E-state index in [-0.39, 0.29) is 16.4 Å². The fourth-order valence-electron chi connectivity index (χ4n) is 4.14. The molecule has 12 nitrogen and oxygen atoms in total. The summed E-state index contributed by atoms with van der Waals surface area (Å²) in [5.74, 6) is -1.36. The lowest BCUT2D eigenvalue weighted by atomic mass is 10.1. The lowest BCUT2D eigenvalue weighted by molar-refractivity contribution is -0.394. The second-order valence-corrected chi connectivity index (χ2v) is 9.89. The maximum absolute atomic E-state index is 13.0. The molecule has 1 fully saturated rings. The Morgan fingerprint density at radius 1 is 0.975 bits per heavy atom. The number of nitrogens with zero attached hydrogens (tertiary/aromatic N) is 3. The molecule has 1 aliphatic heterocycles. The van der Waals surface area contributed by atoms with Crippen LogP contribution in [0.3, 0.4) is 0 Å². The van der Waals surface area contributed by atoms with Crippen LogP contribution in [0.15, 0.2) is 59.5 Å². The maximum Gasteiger partial charge on any atom is 0.318 e. The van der Waals surface area contributed by atoms with E-state index in [1.54, 1.807) is 18.2 Å². The van der Waals surface area contributed by atoms with Crippen molar-refractivity contribution in [1.29, 1.82) is 0 Å². The summed E-state index contributed by atoms with van der Waals surface area (Å²) in [5, 5.41) is 24.6. The molecule has 0 unspecified atom stereocenters. The quantitative estimate of drug-likeness (QED) is 0.200. The van der Waals surface area contributed by atoms with Crippen LogP contribution >= 0.6 is 11.8 Å². The van der Waals surface area contributed by atoms with Crippen LogP contribution in [0.4, 0.5) is 21.9 Å². The van der Waals surface area contributed by atoms with E-state index < -0.39 is 44.8 Å². The number of nitro groups is 2. The van der Waals surface area contributed by atoms with Crippen LogP contribution < -0.4 is 10.1 Å². The van der Waals surface area contributed by atoms with Crippen molar-refractivity contribution in [3.05, 3.63) is 102 Å². The van der Waals surface area contributed by atoms with Crippen molar-refractivity contribution >= 4 is 52.0 Å². The predicted octanol–water partition coefficient (Wildman–Crippen LogP) is 5.90. The number of ether oxygens (including phenoxy) is 1. The van der Waals surface area contributed by atoms with Crippen molar-refractivity contribution in [1.82, 2.24) is 4.90 Å². The third-order valence-corrected chi connectivity index (χ3v) is 6.80. The number of hydrogen-bond donors (Lipinski definition) is 1. The molecular formula is C27H22N4O8S. The minimum Gasteiger partial charge on any atom is -0.449 e. The number of aryl methyl sites for hydroxylation is 3. The van der Waals surface area contributed by atoms with Crippen molar-refractivity contribution in [2.24, 2.45) is 0 Å². The first-order valence-corrected chi connectivity index (χ1v) is 12.6. The molecule has 13 heteroatoms. The number of hydrogen-bond acceptors (Lipinski definition) is 9. The molecule has 40 heavy (non-hydrogen) atoms. The maximum atomic E-state index is 13.0. The second kappa shape index (κ2) is 11.4. The zero-order valence-corrected chi connectivity index (χ0v) is 22.3. The van der Waals surface area contributed by atoms with E-state index in [0.29, 0.717) is 23.0 Å². The number of anilines is 1. The van der Waals surface area contributed by atoms with Crippen LogP contribution in [0, 0.1) is 41.0 Å². The number of carbonyl (C=O) groups excluding carboxylic acids is 3. The summed E-state index contributed by atoms with van der Waals surface area (Å²) < 4.78 is 5.71. The van der Waals surface area contributed by atoms with Gasteiger partial charge in [-0.1, -0.05) is 35.9 Å². The van der Waals surface area contributed by atoms with Crippen LogP contribution in [0.5, 0.6) is 11.5 Å². The fraction of sp³-hybridized carbons (Fsp3) is 0.148. The van der Waals surface area contributed by atoms with Gasteiger partial charge in [0.25, 0.3) is 16.8 Å². The van der Waals surface area contributed by atoms with Gasteiger partial charge in [-0.15, -0.1) is 0 Å². The van der Waals surface area contributed by atoms with E-state index >= 15 is 0 Å². The summed E-state index contributed by atoms with van der Waals surface area (Å²) in [7, 11) is 0. The number of rotatable bonds is 8. The Kier molecular flexibility index (Phi) is 7.95. The summed E-state index contributed by atoms with van der Waals surface area (Å²) >= 11 is 0.641. The highest BCUT2D eigenvalue weighted by Gasteiger charge is 2.36. The second-order valence-electron chi connectivity index (χ2n) is 8.90. The number of thioether (sulfide) groups is 1. The van der Waals surface area contributed by atoms with Gasteiger partial charge in [0.05, 0.1) is 20.8 Å². The molecule has 3 aromatic rings. The van der Waals surface area contributed by atoms with Crippen LogP contribution in [0.25, 0.3) is 6.08 Å². The molecule has 3 aromatic carbocycles. The van der Waals surface area contributed by atoms with Gasteiger partial charge in [-0.05, 0) is 61.9 Å². The molecule has 0 bridgehead atoms. The highest BCUT2D eigenvalue weighted by atomic mass is 32.2. The molecule has 4 rings (SSSR count). The van der Waals surface area contributed by atoms with Gasteiger partial charge in [0, 0.05) is 17.3 Å². The van der Waals surface area contributed by atoms with E-state index in [0.717, 1.165) is 39.8 Å². The Balaban J connectivity index is 1.55.